The summed E-state index contributed by atoms with van der Waals surface area (Å²) < 4.78 is 5.50. The predicted molar refractivity (Wildman–Crippen MR) is 126 cm³/mol. The fourth-order valence-corrected chi connectivity index (χ4v) is 5.59. The Labute approximate surface area is 193 Å². The van der Waals surface area contributed by atoms with Crippen LogP contribution in [0.25, 0.3) is 0 Å². The molecule has 0 bridgehead atoms. The quantitative estimate of drug-likeness (QED) is 0.718. The number of nitrogens with zero attached hydrogens (tertiary/aromatic N) is 2. The number of carbonyl (C=O) groups excluding carboxylic acids is 2. The van der Waals surface area contributed by atoms with Gasteiger partial charge in [-0.2, -0.15) is 0 Å². The molecule has 0 aliphatic carbocycles. The second kappa shape index (κ2) is 10.3. The van der Waals surface area contributed by atoms with Gasteiger partial charge in [-0.15, -0.1) is 11.8 Å². The predicted octanol–water partition coefficient (Wildman–Crippen LogP) is 4.36. The standard InChI is InChI=1S/C23H30ClN3O3S/c1-16-21(31-14-13-30-16)22(28)25-20-6-5-17(24)15-19(20)23(29)27-11-7-18(8-12-27)26-9-3-2-4-10-26/h5-6,15,18H,2-4,7-14H2,1H3,(H,25,28). The molecule has 0 radical (unpaired) electrons. The molecular weight excluding hydrogens is 434 g/mol. The molecule has 0 spiro atoms. The second-order valence-electron chi connectivity index (χ2n) is 8.35. The van der Waals surface area contributed by atoms with E-state index in [1.165, 1.54) is 44.1 Å². The van der Waals surface area contributed by atoms with Gasteiger partial charge >= 0.3 is 0 Å². The number of rotatable bonds is 4. The minimum absolute atomic E-state index is 0.0758. The van der Waals surface area contributed by atoms with E-state index in [0.29, 0.717) is 39.6 Å². The zero-order valence-corrected chi connectivity index (χ0v) is 19.6. The highest BCUT2D eigenvalue weighted by atomic mass is 35.5. The summed E-state index contributed by atoms with van der Waals surface area (Å²) in [4.78, 5) is 31.2. The Morgan fingerprint density at radius 3 is 2.58 bits per heavy atom. The molecule has 1 N–H and O–H groups in total. The van der Waals surface area contributed by atoms with Gasteiger partial charge < -0.3 is 19.9 Å². The molecule has 168 valence electrons. The maximum atomic E-state index is 13.3. The first-order chi connectivity index (χ1) is 15.0. The third-order valence-corrected chi connectivity index (χ3v) is 7.66. The zero-order chi connectivity index (χ0) is 21.8. The summed E-state index contributed by atoms with van der Waals surface area (Å²) >= 11 is 7.68. The molecule has 4 rings (SSSR count). The maximum Gasteiger partial charge on any atom is 0.265 e. The molecule has 8 heteroatoms. The molecule has 3 aliphatic rings. The molecule has 0 saturated carbocycles. The first-order valence-electron chi connectivity index (χ1n) is 11.1. The monoisotopic (exact) mass is 463 g/mol. The third kappa shape index (κ3) is 5.38. The van der Waals surface area contributed by atoms with Crippen molar-refractivity contribution in [2.45, 2.75) is 45.1 Å². The molecule has 0 unspecified atom stereocenters. The van der Waals surface area contributed by atoms with Crippen molar-refractivity contribution in [1.82, 2.24) is 9.80 Å². The van der Waals surface area contributed by atoms with Crippen molar-refractivity contribution in [2.24, 2.45) is 0 Å². The highest BCUT2D eigenvalue weighted by molar-refractivity contribution is 8.04. The Kier molecular flexibility index (Phi) is 7.46. The van der Waals surface area contributed by atoms with Crippen molar-refractivity contribution in [2.75, 3.05) is 43.9 Å². The van der Waals surface area contributed by atoms with Crippen LogP contribution in [0.3, 0.4) is 0 Å². The molecular formula is C23H30ClN3O3S. The minimum atomic E-state index is -0.248. The van der Waals surface area contributed by atoms with Crippen LogP contribution >= 0.6 is 23.4 Å². The number of likely N-dealkylation sites (tertiary alicyclic amines) is 2. The van der Waals surface area contributed by atoms with Gasteiger partial charge in [0, 0.05) is 29.9 Å². The van der Waals surface area contributed by atoms with Crippen molar-refractivity contribution in [3.8, 4) is 0 Å². The molecule has 1 aromatic rings. The number of hydrogen-bond donors (Lipinski definition) is 1. The fourth-order valence-electron chi connectivity index (χ4n) is 4.60. The maximum absolute atomic E-state index is 13.3. The number of hydrogen-bond acceptors (Lipinski definition) is 5. The summed E-state index contributed by atoms with van der Waals surface area (Å²) in [5.74, 6) is 1.03. The van der Waals surface area contributed by atoms with E-state index in [-0.39, 0.29) is 11.8 Å². The van der Waals surface area contributed by atoms with Gasteiger partial charge in [0.25, 0.3) is 11.8 Å². The van der Waals surface area contributed by atoms with Gasteiger partial charge in [0.1, 0.15) is 10.7 Å². The molecule has 6 nitrogen and oxygen atoms in total. The van der Waals surface area contributed by atoms with E-state index in [1.54, 1.807) is 25.1 Å². The van der Waals surface area contributed by atoms with Gasteiger partial charge in [-0.1, -0.05) is 18.0 Å². The van der Waals surface area contributed by atoms with Crippen LogP contribution in [0.5, 0.6) is 0 Å². The van der Waals surface area contributed by atoms with Gasteiger partial charge in [0.2, 0.25) is 0 Å². The smallest absolute Gasteiger partial charge is 0.265 e. The Bertz CT molecular complexity index is 862. The lowest BCUT2D eigenvalue weighted by Gasteiger charge is -2.40. The Morgan fingerprint density at radius 1 is 1.13 bits per heavy atom. The molecule has 3 aliphatic heterocycles. The highest BCUT2D eigenvalue weighted by Gasteiger charge is 2.29. The SMILES string of the molecule is CC1=C(C(=O)Nc2ccc(Cl)cc2C(=O)N2CCC(N3CCCCC3)CC2)SCCO1. The van der Waals surface area contributed by atoms with E-state index in [0.717, 1.165) is 31.7 Å². The normalized spacial score (nSPS) is 21.0. The van der Waals surface area contributed by atoms with Crippen LogP contribution in [0.1, 0.15) is 49.4 Å². The molecule has 0 aromatic heterocycles. The van der Waals surface area contributed by atoms with E-state index in [4.69, 9.17) is 16.3 Å². The summed E-state index contributed by atoms with van der Waals surface area (Å²) in [5.41, 5.74) is 0.932. The number of allylic oxidation sites excluding steroid dienone is 1. The first-order valence-corrected chi connectivity index (χ1v) is 12.5. The van der Waals surface area contributed by atoms with Crippen molar-refractivity contribution in [3.63, 3.8) is 0 Å². The average Bonchev–Trinajstić information content (AvgIpc) is 2.80. The van der Waals surface area contributed by atoms with Crippen LogP contribution in [-0.2, 0) is 9.53 Å². The number of carbonyl (C=O) groups is 2. The summed E-state index contributed by atoms with van der Waals surface area (Å²) in [6.45, 7) is 6.22. The lowest BCUT2D eigenvalue weighted by atomic mass is 9.99. The first kappa shape index (κ1) is 22.5. The number of piperidine rings is 2. The second-order valence-corrected chi connectivity index (χ2v) is 9.89. The van der Waals surface area contributed by atoms with Gasteiger partial charge in [0.05, 0.1) is 17.9 Å². The van der Waals surface area contributed by atoms with Crippen LogP contribution in [0.15, 0.2) is 28.9 Å². The van der Waals surface area contributed by atoms with Crippen LogP contribution < -0.4 is 5.32 Å². The lowest BCUT2D eigenvalue weighted by molar-refractivity contribution is -0.112. The lowest BCUT2D eigenvalue weighted by Crippen LogP contribution is -2.48. The van der Waals surface area contributed by atoms with E-state index in [9.17, 15) is 9.59 Å². The van der Waals surface area contributed by atoms with Crippen LogP contribution in [0.4, 0.5) is 5.69 Å². The van der Waals surface area contributed by atoms with Gasteiger partial charge in [-0.3, -0.25) is 9.59 Å². The van der Waals surface area contributed by atoms with Crippen molar-refractivity contribution in [1.29, 1.82) is 0 Å². The average molecular weight is 464 g/mol. The van der Waals surface area contributed by atoms with Crippen molar-refractivity contribution in [3.05, 3.63) is 39.4 Å². The highest BCUT2D eigenvalue weighted by Crippen LogP contribution is 2.29. The topological polar surface area (TPSA) is 61.9 Å². The number of amides is 2. The Balaban J connectivity index is 1.44. The summed E-state index contributed by atoms with van der Waals surface area (Å²) in [6, 6.07) is 5.63. The fraction of sp³-hybridized carbons (Fsp3) is 0.565. The molecule has 2 saturated heterocycles. The number of benzene rings is 1. The number of halogens is 1. The molecule has 2 amide bonds. The third-order valence-electron chi connectivity index (χ3n) is 6.29. The molecule has 0 atom stereocenters. The number of anilines is 1. The van der Waals surface area contributed by atoms with E-state index < -0.39 is 0 Å². The molecule has 3 heterocycles. The molecule has 31 heavy (non-hydrogen) atoms. The number of nitrogens with one attached hydrogen (secondary N) is 1. The number of thioether (sulfide) groups is 1. The van der Waals surface area contributed by atoms with E-state index in [2.05, 4.69) is 10.2 Å². The minimum Gasteiger partial charge on any atom is -0.496 e. The van der Waals surface area contributed by atoms with Crippen LogP contribution in [0.2, 0.25) is 5.02 Å². The van der Waals surface area contributed by atoms with Crippen LogP contribution in [-0.4, -0.2) is 66.2 Å². The summed E-state index contributed by atoms with van der Waals surface area (Å²) in [5, 5.41) is 3.39. The van der Waals surface area contributed by atoms with E-state index >= 15 is 0 Å². The molecule has 1 aromatic carbocycles. The Morgan fingerprint density at radius 2 is 1.87 bits per heavy atom. The number of ether oxygens (including phenoxy) is 1. The van der Waals surface area contributed by atoms with Crippen LogP contribution in [0, 0.1) is 0 Å². The van der Waals surface area contributed by atoms with Gasteiger partial charge in [-0.25, -0.2) is 0 Å². The van der Waals surface area contributed by atoms with Crippen molar-refractivity contribution < 1.29 is 14.3 Å². The van der Waals surface area contributed by atoms with E-state index in [1.807, 2.05) is 4.90 Å². The zero-order valence-electron chi connectivity index (χ0n) is 18.0. The summed E-state index contributed by atoms with van der Waals surface area (Å²) in [7, 11) is 0. The summed E-state index contributed by atoms with van der Waals surface area (Å²) in [6.07, 6.45) is 5.88. The van der Waals surface area contributed by atoms with Crippen molar-refractivity contribution >= 4 is 40.9 Å². The van der Waals surface area contributed by atoms with Gasteiger partial charge in [-0.05, 0) is 63.9 Å². The molecule has 2 fully saturated rings. The largest absolute Gasteiger partial charge is 0.496 e. The Hall–Kier alpha value is -1.70. The van der Waals surface area contributed by atoms with Gasteiger partial charge in [0.15, 0.2) is 0 Å².